The SMILES string of the molecule is O=C(c1cc2c(cn1)OCCO2)N1C[C@H]2CCOC[C@@]2(C(=O)O)C1. The molecule has 0 aliphatic carbocycles. The molecule has 0 spiro atoms. The summed E-state index contributed by atoms with van der Waals surface area (Å²) in [6.45, 7) is 2.11. The second kappa shape index (κ2) is 5.62. The Balaban J connectivity index is 1.58. The smallest absolute Gasteiger partial charge is 0.314 e. The number of nitrogens with zero attached hydrogens (tertiary/aromatic N) is 2. The monoisotopic (exact) mass is 334 g/mol. The largest absolute Gasteiger partial charge is 0.486 e. The van der Waals surface area contributed by atoms with Gasteiger partial charge in [0.05, 0.1) is 12.8 Å². The first-order valence-corrected chi connectivity index (χ1v) is 7.96. The van der Waals surface area contributed by atoms with Crippen LogP contribution in [0, 0.1) is 11.3 Å². The molecule has 0 bridgehead atoms. The molecule has 0 radical (unpaired) electrons. The summed E-state index contributed by atoms with van der Waals surface area (Å²) in [6.07, 6.45) is 2.12. The molecule has 128 valence electrons. The van der Waals surface area contributed by atoms with E-state index in [0.29, 0.717) is 44.3 Å². The van der Waals surface area contributed by atoms with Crippen molar-refractivity contribution in [3.8, 4) is 11.5 Å². The van der Waals surface area contributed by atoms with Gasteiger partial charge in [0.1, 0.15) is 24.3 Å². The maximum Gasteiger partial charge on any atom is 0.314 e. The first kappa shape index (κ1) is 15.2. The van der Waals surface area contributed by atoms with Crippen LogP contribution in [0.4, 0.5) is 0 Å². The van der Waals surface area contributed by atoms with Crippen molar-refractivity contribution >= 4 is 11.9 Å². The molecule has 4 heterocycles. The van der Waals surface area contributed by atoms with Crippen LogP contribution in [0.1, 0.15) is 16.9 Å². The summed E-state index contributed by atoms with van der Waals surface area (Å²) in [5.41, 5.74) is -0.777. The van der Waals surface area contributed by atoms with Gasteiger partial charge in [-0.25, -0.2) is 4.98 Å². The highest BCUT2D eigenvalue weighted by atomic mass is 16.6. The predicted molar refractivity (Wildman–Crippen MR) is 80.1 cm³/mol. The summed E-state index contributed by atoms with van der Waals surface area (Å²) >= 11 is 0. The van der Waals surface area contributed by atoms with Gasteiger partial charge in [-0.1, -0.05) is 0 Å². The molecule has 2 atom stereocenters. The Kier molecular flexibility index (Phi) is 3.56. The van der Waals surface area contributed by atoms with Crippen LogP contribution in [0.5, 0.6) is 11.5 Å². The third kappa shape index (κ3) is 2.29. The fourth-order valence-corrected chi connectivity index (χ4v) is 3.67. The molecule has 3 aliphatic heterocycles. The molecule has 0 unspecified atom stereocenters. The zero-order valence-corrected chi connectivity index (χ0v) is 13.1. The fraction of sp³-hybridized carbons (Fsp3) is 0.562. The molecule has 8 nitrogen and oxygen atoms in total. The molecule has 2 fully saturated rings. The van der Waals surface area contributed by atoms with Crippen molar-refractivity contribution in [3.05, 3.63) is 18.0 Å². The zero-order valence-electron chi connectivity index (χ0n) is 13.1. The standard InChI is InChI=1S/C16H18N2O6/c19-14(11-5-12-13(6-17-11)24-4-3-23-12)18-7-10-1-2-22-9-16(10,8-18)15(20)21/h5-6,10H,1-4,7-9H2,(H,20,21)/t10-,16+/m1/s1. The number of amides is 1. The van der Waals surface area contributed by atoms with Gasteiger partial charge >= 0.3 is 5.97 Å². The Labute approximate surface area is 138 Å². The minimum Gasteiger partial charge on any atom is -0.486 e. The van der Waals surface area contributed by atoms with Gasteiger partial charge in [-0.15, -0.1) is 0 Å². The van der Waals surface area contributed by atoms with Crippen molar-refractivity contribution in [2.24, 2.45) is 11.3 Å². The Morgan fingerprint density at radius 2 is 2.04 bits per heavy atom. The predicted octanol–water partition coefficient (Wildman–Crippen LogP) is 0.416. The zero-order chi connectivity index (χ0) is 16.7. The van der Waals surface area contributed by atoms with Crippen LogP contribution < -0.4 is 9.47 Å². The lowest BCUT2D eigenvalue weighted by Crippen LogP contribution is -2.46. The molecule has 24 heavy (non-hydrogen) atoms. The highest BCUT2D eigenvalue weighted by Crippen LogP contribution is 2.42. The summed E-state index contributed by atoms with van der Waals surface area (Å²) in [6, 6.07) is 1.56. The van der Waals surface area contributed by atoms with Crippen molar-refractivity contribution in [2.75, 3.05) is 39.5 Å². The molecule has 3 aliphatic rings. The van der Waals surface area contributed by atoms with Gasteiger partial charge in [0, 0.05) is 25.8 Å². The van der Waals surface area contributed by atoms with E-state index in [2.05, 4.69) is 4.98 Å². The van der Waals surface area contributed by atoms with Crippen molar-refractivity contribution in [1.82, 2.24) is 9.88 Å². The molecule has 1 aromatic rings. The van der Waals surface area contributed by atoms with Gasteiger partial charge in [-0.2, -0.15) is 0 Å². The molecule has 1 aromatic heterocycles. The van der Waals surface area contributed by atoms with E-state index in [-0.39, 0.29) is 30.7 Å². The lowest BCUT2D eigenvalue weighted by atomic mass is 9.76. The third-order valence-electron chi connectivity index (χ3n) is 5.03. The molecular formula is C16H18N2O6. The van der Waals surface area contributed by atoms with E-state index in [9.17, 15) is 14.7 Å². The molecule has 2 saturated heterocycles. The average Bonchev–Trinajstić information content (AvgIpc) is 3.02. The molecule has 0 saturated carbocycles. The van der Waals surface area contributed by atoms with Crippen LogP contribution in [-0.4, -0.2) is 66.4 Å². The van der Waals surface area contributed by atoms with Crippen molar-refractivity contribution in [1.29, 1.82) is 0 Å². The summed E-state index contributed by atoms with van der Waals surface area (Å²) in [5.74, 6) is -0.277. The molecular weight excluding hydrogens is 316 g/mol. The van der Waals surface area contributed by atoms with Crippen LogP contribution in [-0.2, 0) is 9.53 Å². The Bertz CT molecular complexity index is 693. The maximum absolute atomic E-state index is 12.8. The van der Waals surface area contributed by atoms with Gasteiger partial charge in [0.25, 0.3) is 5.91 Å². The van der Waals surface area contributed by atoms with Gasteiger partial charge in [0.2, 0.25) is 0 Å². The third-order valence-corrected chi connectivity index (χ3v) is 5.03. The maximum atomic E-state index is 12.8. The van der Waals surface area contributed by atoms with E-state index in [1.165, 1.54) is 6.20 Å². The topological polar surface area (TPSA) is 98.2 Å². The number of hydrogen-bond acceptors (Lipinski definition) is 6. The number of pyridine rings is 1. The summed E-state index contributed by atoms with van der Waals surface area (Å²) in [7, 11) is 0. The van der Waals surface area contributed by atoms with Crippen LogP contribution in [0.15, 0.2) is 12.3 Å². The quantitative estimate of drug-likeness (QED) is 0.837. The van der Waals surface area contributed by atoms with Crippen LogP contribution in [0.25, 0.3) is 0 Å². The second-order valence-corrected chi connectivity index (χ2v) is 6.40. The molecule has 1 amide bonds. The number of carboxylic acid groups (broad SMARTS) is 1. The number of ether oxygens (including phenoxy) is 3. The lowest BCUT2D eigenvalue weighted by Gasteiger charge is -2.33. The first-order chi connectivity index (χ1) is 11.6. The average molecular weight is 334 g/mol. The van der Waals surface area contributed by atoms with Crippen molar-refractivity contribution in [3.63, 3.8) is 0 Å². The second-order valence-electron chi connectivity index (χ2n) is 6.40. The van der Waals surface area contributed by atoms with E-state index in [0.717, 1.165) is 0 Å². The molecule has 4 rings (SSSR count). The number of likely N-dealkylation sites (tertiary alicyclic amines) is 1. The molecule has 0 aromatic carbocycles. The molecule has 8 heteroatoms. The van der Waals surface area contributed by atoms with Gasteiger partial charge in [-0.05, 0) is 12.3 Å². The minimum atomic E-state index is -1.01. The van der Waals surface area contributed by atoms with E-state index < -0.39 is 11.4 Å². The van der Waals surface area contributed by atoms with Gasteiger partial charge in [0.15, 0.2) is 11.5 Å². The number of fused-ring (bicyclic) bond motifs is 2. The van der Waals surface area contributed by atoms with E-state index in [4.69, 9.17) is 14.2 Å². The number of hydrogen-bond donors (Lipinski definition) is 1. The van der Waals surface area contributed by atoms with E-state index in [1.807, 2.05) is 0 Å². The first-order valence-electron chi connectivity index (χ1n) is 7.96. The van der Waals surface area contributed by atoms with Crippen LogP contribution in [0.2, 0.25) is 0 Å². The Hall–Kier alpha value is -2.35. The number of rotatable bonds is 2. The summed E-state index contributed by atoms with van der Waals surface area (Å²) in [4.78, 5) is 30.3. The summed E-state index contributed by atoms with van der Waals surface area (Å²) in [5, 5.41) is 9.66. The highest BCUT2D eigenvalue weighted by Gasteiger charge is 2.55. The fourth-order valence-electron chi connectivity index (χ4n) is 3.67. The minimum absolute atomic E-state index is 0.0927. The van der Waals surface area contributed by atoms with E-state index in [1.54, 1.807) is 11.0 Å². The van der Waals surface area contributed by atoms with Crippen LogP contribution >= 0.6 is 0 Å². The number of carbonyl (C=O) groups is 2. The van der Waals surface area contributed by atoms with Gasteiger partial charge in [-0.3, -0.25) is 9.59 Å². The Morgan fingerprint density at radius 3 is 2.79 bits per heavy atom. The van der Waals surface area contributed by atoms with Gasteiger partial charge < -0.3 is 24.2 Å². The number of aromatic nitrogens is 1. The molecule has 1 N–H and O–H groups in total. The number of carbonyl (C=O) groups excluding carboxylic acids is 1. The Morgan fingerprint density at radius 1 is 1.25 bits per heavy atom. The highest BCUT2D eigenvalue weighted by molar-refractivity contribution is 5.94. The van der Waals surface area contributed by atoms with Crippen LogP contribution in [0.3, 0.4) is 0 Å². The van der Waals surface area contributed by atoms with Crippen molar-refractivity contribution < 1.29 is 28.9 Å². The van der Waals surface area contributed by atoms with Crippen molar-refractivity contribution in [2.45, 2.75) is 6.42 Å². The normalized spacial score (nSPS) is 28.3. The number of aliphatic carboxylic acids is 1. The summed E-state index contributed by atoms with van der Waals surface area (Å²) < 4.78 is 16.3. The number of carboxylic acids is 1. The lowest BCUT2D eigenvalue weighted by molar-refractivity contribution is -0.159. The van der Waals surface area contributed by atoms with E-state index >= 15 is 0 Å².